The van der Waals surface area contributed by atoms with Gasteiger partial charge < -0.3 is 10.2 Å². The Balaban J connectivity index is 1.78. The number of hydrogen-bond donors (Lipinski definition) is 1. The van der Waals surface area contributed by atoms with Crippen LogP contribution < -0.4 is 10.2 Å². The van der Waals surface area contributed by atoms with Crippen LogP contribution in [0, 0.1) is 24.4 Å². The molecule has 0 saturated carbocycles. The number of fused-ring (bicyclic) bond motifs is 1. The van der Waals surface area contributed by atoms with Gasteiger partial charge in [0.2, 0.25) is 5.91 Å². The molecule has 1 aromatic carbocycles. The number of nitrogens with one attached hydrogen (secondary N) is 1. The van der Waals surface area contributed by atoms with E-state index in [4.69, 9.17) is 0 Å². The van der Waals surface area contributed by atoms with E-state index in [9.17, 15) is 9.18 Å². The van der Waals surface area contributed by atoms with Gasteiger partial charge in [-0.2, -0.15) is 4.39 Å². The van der Waals surface area contributed by atoms with E-state index >= 15 is 0 Å². The number of aryl methyl sites for hydroxylation is 2. The van der Waals surface area contributed by atoms with Gasteiger partial charge in [0, 0.05) is 35.8 Å². The summed E-state index contributed by atoms with van der Waals surface area (Å²) in [6.45, 7) is 11.9. The second kappa shape index (κ2) is 7.03. The third-order valence-corrected chi connectivity index (χ3v) is 5.70. The van der Waals surface area contributed by atoms with E-state index in [0.29, 0.717) is 6.42 Å². The van der Waals surface area contributed by atoms with Crippen molar-refractivity contribution < 1.29 is 9.18 Å². The van der Waals surface area contributed by atoms with Crippen molar-refractivity contribution in [2.45, 2.75) is 54.0 Å². The summed E-state index contributed by atoms with van der Waals surface area (Å²) in [7, 11) is 0. The van der Waals surface area contributed by atoms with Crippen LogP contribution in [0.3, 0.4) is 0 Å². The topological polar surface area (TPSA) is 32.3 Å². The smallest absolute Gasteiger partial charge is 0.224 e. The molecule has 26 heavy (non-hydrogen) atoms. The Morgan fingerprint density at radius 3 is 2.50 bits per heavy atom. The van der Waals surface area contributed by atoms with Gasteiger partial charge in [-0.1, -0.05) is 20.8 Å². The summed E-state index contributed by atoms with van der Waals surface area (Å²) in [5, 5.41) is 2.98. The van der Waals surface area contributed by atoms with Gasteiger partial charge in [-0.3, -0.25) is 4.79 Å². The Hall–Kier alpha value is -1.88. The number of hydrogen-bond acceptors (Lipinski definition) is 3. The normalized spacial score (nSPS) is 14.3. The summed E-state index contributed by atoms with van der Waals surface area (Å²) >= 11 is 1.27. The molecule has 1 amide bonds. The van der Waals surface area contributed by atoms with Crippen molar-refractivity contribution in [1.82, 2.24) is 0 Å². The molecule has 1 aliphatic heterocycles. The van der Waals surface area contributed by atoms with Crippen molar-refractivity contribution in [2.24, 2.45) is 5.41 Å². The first-order chi connectivity index (χ1) is 12.1. The minimum atomic E-state index is -0.0962. The lowest BCUT2D eigenvalue weighted by Gasteiger charge is -2.30. The molecule has 0 bridgehead atoms. The van der Waals surface area contributed by atoms with Gasteiger partial charge in [0.15, 0.2) is 5.13 Å². The van der Waals surface area contributed by atoms with Gasteiger partial charge in [-0.25, -0.2) is 0 Å². The summed E-state index contributed by atoms with van der Waals surface area (Å²) in [5.74, 6) is 0.0489. The van der Waals surface area contributed by atoms with Crippen molar-refractivity contribution in [1.29, 1.82) is 0 Å². The minimum Gasteiger partial charge on any atom is -0.367 e. The fourth-order valence-corrected chi connectivity index (χ4v) is 4.39. The van der Waals surface area contributed by atoms with Crippen LogP contribution in [0.2, 0.25) is 0 Å². The Kier molecular flexibility index (Phi) is 5.11. The lowest BCUT2D eigenvalue weighted by molar-refractivity contribution is -0.117. The maximum atomic E-state index is 13.5. The zero-order valence-corrected chi connectivity index (χ0v) is 17.0. The number of nitrogens with zero attached hydrogens (tertiary/aromatic N) is 1. The average molecular weight is 375 g/mol. The molecule has 0 spiro atoms. The molecule has 0 atom stereocenters. The molecule has 1 aliphatic rings. The quantitative estimate of drug-likeness (QED) is 0.776. The molecule has 0 fully saturated rings. The third kappa shape index (κ3) is 4.26. The number of anilines is 2. The summed E-state index contributed by atoms with van der Waals surface area (Å²) in [5.41, 5.74) is 5.21. The lowest BCUT2D eigenvalue weighted by atomic mass is 9.92. The number of thiophene rings is 1. The molecule has 0 radical (unpaired) electrons. The lowest BCUT2D eigenvalue weighted by Crippen LogP contribution is -2.29. The maximum absolute atomic E-state index is 13.5. The van der Waals surface area contributed by atoms with E-state index < -0.39 is 0 Å². The van der Waals surface area contributed by atoms with Gasteiger partial charge in [0.05, 0.1) is 0 Å². The van der Waals surface area contributed by atoms with Crippen molar-refractivity contribution in [2.75, 3.05) is 16.8 Å². The highest BCUT2D eigenvalue weighted by Gasteiger charge is 2.21. The fraction of sp³-hybridized carbons (Fsp3) is 0.476. The van der Waals surface area contributed by atoms with Gasteiger partial charge in [0.25, 0.3) is 0 Å². The van der Waals surface area contributed by atoms with Gasteiger partial charge in [-0.05, 0) is 60.6 Å². The molecule has 0 unspecified atom stereocenters. The van der Waals surface area contributed by atoms with Crippen molar-refractivity contribution in [3.8, 4) is 0 Å². The van der Waals surface area contributed by atoms with Gasteiger partial charge in [0.1, 0.15) is 0 Å². The Labute approximate surface area is 159 Å². The van der Waals surface area contributed by atoms with E-state index in [-0.39, 0.29) is 16.5 Å². The first-order valence-corrected chi connectivity index (χ1v) is 9.87. The van der Waals surface area contributed by atoms with Crippen molar-refractivity contribution >= 4 is 28.6 Å². The van der Waals surface area contributed by atoms with Crippen LogP contribution in [0.5, 0.6) is 0 Å². The standard InChI is InChI=1S/C21H27FN2OS/c1-13-8-16(24-7-6-17-15(12-24)10-18(22)26-17)9-14(2)20(13)23-19(25)11-21(3,4)5/h8-10H,6-7,11-12H2,1-5H3,(H,23,25). The van der Waals surface area contributed by atoms with Gasteiger partial charge >= 0.3 is 0 Å². The van der Waals surface area contributed by atoms with Crippen LogP contribution in [0.4, 0.5) is 15.8 Å². The molecule has 5 heteroatoms. The van der Waals surface area contributed by atoms with E-state index in [1.165, 1.54) is 16.2 Å². The SMILES string of the molecule is Cc1cc(N2CCc3sc(F)cc3C2)cc(C)c1NC(=O)CC(C)(C)C. The van der Waals surface area contributed by atoms with Crippen LogP contribution in [0.25, 0.3) is 0 Å². The van der Waals surface area contributed by atoms with Gasteiger partial charge in [-0.15, -0.1) is 11.3 Å². The monoisotopic (exact) mass is 374 g/mol. The second-order valence-corrected chi connectivity index (χ2v) is 9.50. The summed E-state index contributed by atoms with van der Waals surface area (Å²) in [6.07, 6.45) is 1.37. The molecule has 0 saturated heterocycles. The van der Waals surface area contributed by atoms with Crippen LogP contribution in [0.15, 0.2) is 18.2 Å². The number of rotatable bonds is 3. The fourth-order valence-electron chi connectivity index (χ4n) is 3.50. The van der Waals surface area contributed by atoms with Crippen molar-refractivity contribution in [3.05, 3.63) is 44.9 Å². The van der Waals surface area contributed by atoms with Crippen molar-refractivity contribution in [3.63, 3.8) is 0 Å². The predicted molar refractivity (Wildman–Crippen MR) is 108 cm³/mol. The molecule has 140 valence electrons. The highest BCUT2D eigenvalue weighted by atomic mass is 32.1. The Morgan fingerprint density at radius 2 is 1.88 bits per heavy atom. The number of benzene rings is 1. The minimum absolute atomic E-state index is 0.0346. The number of amides is 1. The Bertz CT molecular complexity index is 812. The zero-order valence-electron chi connectivity index (χ0n) is 16.2. The Morgan fingerprint density at radius 1 is 1.23 bits per heavy atom. The predicted octanol–water partition coefficient (Wildman–Crippen LogP) is 5.44. The molecule has 0 aliphatic carbocycles. The van der Waals surface area contributed by atoms with E-state index in [2.05, 4.69) is 43.1 Å². The average Bonchev–Trinajstić information content (AvgIpc) is 2.88. The molecular weight excluding hydrogens is 347 g/mol. The molecular formula is C21H27FN2OS. The first-order valence-electron chi connectivity index (χ1n) is 9.05. The third-order valence-electron chi connectivity index (χ3n) is 4.67. The van der Waals surface area contributed by atoms with E-state index in [1.54, 1.807) is 6.07 Å². The molecule has 3 rings (SSSR count). The van der Waals surface area contributed by atoms with Crippen LogP contribution in [-0.2, 0) is 17.8 Å². The summed E-state index contributed by atoms with van der Waals surface area (Å²) in [6, 6.07) is 5.90. The summed E-state index contributed by atoms with van der Waals surface area (Å²) in [4.78, 5) is 15.8. The van der Waals surface area contributed by atoms with E-state index in [0.717, 1.165) is 47.6 Å². The largest absolute Gasteiger partial charge is 0.367 e. The van der Waals surface area contributed by atoms with Crippen LogP contribution >= 0.6 is 11.3 Å². The summed E-state index contributed by atoms with van der Waals surface area (Å²) < 4.78 is 13.5. The highest BCUT2D eigenvalue weighted by Crippen LogP contribution is 2.33. The maximum Gasteiger partial charge on any atom is 0.224 e. The molecule has 3 nitrogen and oxygen atoms in total. The second-order valence-electron chi connectivity index (χ2n) is 8.41. The van der Waals surface area contributed by atoms with Crippen LogP contribution in [-0.4, -0.2) is 12.5 Å². The number of carbonyl (C=O) groups is 1. The first kappa shape index (κ1) is 18.9. The number of halogens is 1. The molecule has 2 aromatic rings. The number of carbonyl (C=O) groups excluding carboxylic acids is 1. The molecule has 1 N–H and O–H groups in total. The molecule has 2 heterocycles. The van der Waals surface area contributed by atoms with E-state index in [1.807, 2.05) is 13.8 Å². The molecule has 1 aromatic heterocycles. The zero-order chi connectivity index (χ0) is 19.1. The van der Waals surface area contributed by atoms with Crippen LogP contribution in [0.1, 0.15) is 48.8 Å². The highest BCUT2D eigenvalue weighted by molar-refractivity contribution is 7.10.